The summed E-state index contributed by atoms with van der Waals surface area (Å²) in [5.41, 5.74) is 1.55. The van der Waals surface area contributed by atoms with Gasteiger partial charge in [-0.1, -0.05) is 69.8 Å². The highest BCUT2D eigenvalue weighted by atomic mass is 28.4. The van der Waals surface area contributed by atoms with Crippen molar-refractivity contribution in [2.75, 3.05) is 7.11 Å². The predicted molar refractivity (Wildman–Crippen MR) is 102 cm³/mol. The fourth-order valence-corrected chi connectivity index (χ4v) is 3.12. The Kier molecular flexibility index (Phi) is 7.18. The summed E-state index contributed by atoms with van der Waals surface area (Å²) < 4.78 is 11.2. The molecule has 0 amide bonds. The zero-order valence-electron chi connectivity index (χ0n) is 15.8. The minimum absolute atomic E-state index is 0.127. The minimum Gasteiger partial charge on any atom is -0.466 e. The standard InChI is InChI=1S/C20H30O3Si/c1-16(19(21)22-5)12-11-15-18(17-13-9-8-10-14-17)23-24(6,7)20(2,3)4/h8-11,13-15,18H,1,12H2,2-7H3/b15-11+. The molecular weight excluding hydrogens is 316 g/mol. The molecule has 0 spiro atoms. The van der Waals surface area contributed by atoms with Gasteiger partial charge in [0.25, 0.3) is 0 Å². The van der Waals surface area contributed by atoms with Crippen molar-refractivity contribution in [2.45, 2.75) is 51.4 Å². The highest BCUT2D eigenvalue weighted by Crippen LogP contribution is 2.40. The van der Waals surface area contributed by atoms with Crippen LogP contribution in [-0.4, -0.2) is 21.4 Å². The van der Waals surface area contributed by atoms with Gasteiger partial charge in [0, 0.05) is 5.57 Å². The van der Waals surface area contributed by atoms with Gasteiger partial charge in [0.15, 0.2) is 8.32 Å². The van der Waals surface area contributed by atoms with E-state index in [1.54, 1.807) is 0 Å². The Morgan fingerprint density at radius 3 is 2.33 bits per heavy atom. The van der Waals surface area contributed by atoms with E-state index in [4.69, 9.17) is 4.43 Å². The first kappa shape index (κ1) is 20.4. The van der Waals surface area contributed by atoms with Crippen LogP contribution in [0.2, 0.25) is 18.1 Å². The molecule has 0 aliphatic rings. The molecule has 0 aromatic heterocycles. The van der Waals surface area contributed by atoms with Crippen LogP contribution in [0.1, 0.15) is 38.9 Å². The quantitative estimate of drug-likeness (QED) is 0.286. The maximum Gasteiger partial charge on any atom is 0.333 e. The third-order valence-corrected chi connectivity index (χ3v) is 8.96. The molecular formula is C20H30O3Si. The fourth-order valence-electron chi connectivity index (χ4n) is 1.92. The Bertz CT molecular complexity index is 583. The van der Waals surface area contributed by atoms with Crippen LogP contribution in [0.25, 0.3) is 0 Å². The number of carbonyl (C=O) groups is 1. The van der Waals surface area contributed by atoms with E-state index in [-0.39, 0.29) is 17.1 Å². The number of hydrogen-bond acceptors (Lipinski definition) is 3. The lowest BCUT2D eigenvalue weighted by Crippen LogP contribution is -2.41. The second-order valence-electron chi connectivity index (χ2n) is 7.44. The number of ether oxygens (including phenoxy) is 1. The van der Waals surface area contributed by atoms with Crippen molar-refractivity contribution in [3.05, 3.63) is 60.2 Å². The highest BCUT2D eigenvalue weighted by Gasteiger charge is 2.39. The molecule has 1 aromatic rings. The molecule has 0 aliphatic carbocycles. The lowest BCUT2D eigenvalue weighted by Gasteiger charge is -2.38. The highest BCUT2D eigenvalue weighted by molar-refractivity contribution is 6.74. The molecule has 24 heavy (non-hydrogen) atoms. The van der Waals surface area contributed by atoms with E-state index in [0.717, 1.165) is 5.56 Å². The van der Waals surface area contributed by atoms with Crippen molar-refractivity contribution in [3.63, 3.8) is 0 Å². The summed E-state index contributed by atoms with van der Waals surface area (Å²) >= 11 is 0. The van der Waals surface area contributed by atoms with Gasteiger partial charge < -0.3 is 9.16 Å². The summed E-state index contributed by atoms with van der Waals surface area (Å²) in [5.74, 6) is -0.374. The SMILES string of the molecule is C=C(C/C=C/C(O[Si](C)(C)C(C)(C)C)c1ccccc1)C(=O)OC. The Morgan fingerprint density at radius 2 is 1.83 bits per heavy atom. The molecule has 0 bridgehead atoms. The number of hydrogen-bond donors (Lipinski definition) is 0. The van der Waals surface area contributed by atoms with Gasteiger partial charge in [-0.05, 0) is 30.1 Å². The number of allylic oxidation sites excluding steroid dienone is 1. The Labute approximate surface area is 147 Å². The second kappa shape index (κ2) is 8.45. The molecule has 4 heteroatoms. The first-order chi connectivity index (χ1) is 11.1. The Hall–Kier alpha value is -1.65. The van der Waals surface area contributed by atoms with E-state index in [2.05, 4.69) is 57.3 Å². The average molecular weight is 347 g/mol. The van der Waals surface area contributed by atoms with Crippen LogP contribution in [0.3, 0.4) is 0 Å². The van der Waals surface area contributed by atoms with Crippen molar-refractivity contribution in [3.8, 4) is 0 Å². The van der Waals surface area contributed by atoms with Crippen LogP contribution in [0.5, 0.6) is 0 Å². The number of esters is 1. The van der Waals surface area contributed by atoms with Crippen molar-refractivity contribution >= 4 is 14.3 Å². The average Bonchev–Trinajstić information content (AvgIpc) is 2.52. The monoisotopic (exact) mass is 346 g/mol. The summed E-state index contributed by atoms with van der Waals surface area (Å²) in [5, 5.41) is 0.128. The van der Waals surface area contributed by atoms with Crippen molar-refractivity contribution in [2.24, 2.45) is 0 Å². The summed E-state index contributed by atoms with van der Waals surface area (Å²) in [7, 11) is -0.556. The van der Waals surface area contributed by atoms with Crippen LogP contribution in [0, 0.1) is 0 Å². The molecule has 1 atom stereocenters. The van der Waals surface area contributed by atoms with Gasteiger partial charge in [0.1, 0.15) is 0 Å². The lowest BCUT2D eigenvalue weighted by molar-refractivity contribution is -0.136. The number of benzene rings is 1. The third-order valence-electron chi connectivity index (χ3n) is 4.51. The summed E-state index contributed by atoms with van der Waals surface area (Å²) in [4.78, 5) is 11.4. The molecule has 1 rings (SSSR count). The Balaban J connectivity index is 2.96. The lowest BCUT2D eigenvalue weighted by atomic mass is 10.1. The van der Waals surface area contributed by atoms with Crippen LogP contribution in [-0.2, 0) is 14.0 Å². The van der Waals surface area contributed by atoms with E-state index in [1.165, 1.54) is 7.11 Å². The van der Waals surface area contributed by atoms with Crippen LogP contribution in [0.4, 0.5) is 0 Å². The minimum atomic E-state index is -1.92. The van der Waals surface area contributed by atoms with Crippen molar-refractivity contribution in [1.29, 1.82) is 0 Å². The van der Waals surface area contributed by atoms with Crippen molar-refractivity contribution in [1.82, 2.24) is 0 Å². The topological polar surface area (TPSA) is 35.5 Å². The second-order valence-corrected chi connectivity index (χ2v) is 12.2. The molecule has 0 saturated carbocycles. The maximum absolute atomic E-state index is 11.4. The van der Waals surface area contributed by atoms with Crippen LogP contribution in [0.15, 0.2) is 54.6 Å². The zero-order chi connectivity index (χ0) is 18.4. The molecule has 132 valence electrons. The van der Waals surface area contributed by atoms with Gasteiger partial charge >= 0.3 is 5.97 Å². The molecule has 1 aromatic carbocycles. The summed E-state index contributed by atoms with van der Waals surface area (Å²) in [6, 6.07) is 10.2. The van der Waals surface area contributed by atoms with Gasteiger partial charge in [-0.2, -0.15) is 0 Å². The molecule has 0 N–H and O–H groups in total. The first-order valence-electron chi connectivity index (χ1n) is 8.24. The summed E-state index contributed by atoms with van der Waals surface area (Å²) in [6.07, 6.45) is 4.28. The molecule has 0 saturated heterocycles. The van der Waals surface area contributed by atoms with Gasteiger partial charge in [-0.15, -0.1) is 0 Å². The normalized spacial score (nSPS) is 13.8. The van der Waals surface area contributed by atoms with Gasteiger partial charge in [-0.3, -0.25) is 0 Å². The van der Waals surface area contributed by atoms with E-state index < -0.39 is 8.32 Å². The first-order valence-corrected chi connectivity index (χ1v) is 11.1. The number of methoxy groups -OCH3 is 1. The molecule has 0 heterocycles. The largest absolute Gasteiger partial charge is 0.466 e. The van der Waals surface area contributed by atoms with Crippen molar-refractivity contribution < 1.29 is 14.0 Å². The van der Waals surface area contributed by atoms with Crippen LogP contribution >= 0.6 is 0 Å². The molecule has 1 unspecified atom stereocenters. The maximum atomic E-state index is 11.4. The van der Waals surface area contributed by atoms with Gasteiger partial charge in [-0.25, -0.2) is 4.79 Å². The van der Waals surface area contributed by atoms with Gasteiger partial charge in [0.05, 0.1) is 13.2 Å². The predicted octanol–water partition coefficient (Wildman–Crippen LogP) is 5.43. The molecule has 0 fully saturated rings. The Morgan fingerprint density at radius 1 is 1.25 bits per heavy atom. The van der Waals surface area contributed by atoms with E-state index in [0.29, 0.717) is 12.0 Å². The molecule has 0 aliphatic heterocycles. The number of rotatable bonds is 7. The molecule has 3 nitrogen and oxygen atoms in total. The molecule has 0 radical (unpaired) electrons. The third kappa shape index (κ3) is 5.76. The van der Waals surface area contributed by atoms with E-state index >= 15 is 0 Å². The fraction of sp³-hybridized carbons (Fsp3) is 0.450. The summed E-state index contributed by atoms with van der Waals surface area (Å²) in [6.45, 7) is 14.9. The van der Waals surface area contributed by atoms with E-state index in [9.17, 15) is 4.79 Å². The van der Waals surface area contributed by atoms with Crippen LogP contribution < -0.4 is 0 Å². The van der Waals surface area contributed by atoms with Gasteiger partial charge in [0.2, 0.25) is 0 Å². The smallest absolute Gasteiger partial charge is 0.333 e. The van der Waals surface area contributed by atoms with E-state index in [1.807, 2.05) is 30.4 Å². The number of carbonyl (C=O) groups excluding carboxylic acids is 1. The zero-order valence-corrected chi connectivity index (χ0v) is 16.8.